The van der Waals surface area contributed by atoms with Crippen molar-refractivity contribution in [3.63, 3.8) is 0 Å². The molecule has 3 aromatic carbocycles. The Morgan fingerprint density at radius 3 is 2.23 bits per heavy atom. The van der Waals surface area contributed by atoms with Gasteiger partial charge in [0.2, 0.25) is 5.91 Å². The molecule has 0 saturated heterocycles. The molecule has 1 N–H and O–H groups in total. The molecule has 4 rings (SSSR count). The van der Waals surface area contributed by atoms with Crippen LogP contribution in [0.4, 0.5) is 18.9 Å². The Labute approximate surface area is 181 Å². The first kappa shape index (κ1) is 20.8. The maximum Gasteiger partial charge on any atom is 0.230 e. The average Bonchev–Trinajstić information content (AvgIpc) is 3.18. The van der Waals surface area contributed by atoms with Crippen LogP contribution in [0.5, 0.6) is 0 Å². The van der Waals surface area contributed by atoms with Crippen molar-refractivity contribution in [3.8, 4) is 11.1 Å². The maximum atomic E-state index is 13.8. The van der Waals surface area contributed by atoms with E-state index in [2.05, 4.69) is 10.3 Å². The molecule has 4 aromatic rings. The smallest absolute Gasteiger partial charge is 0.230 e. The molecule has 0 fully saturated rings. The van der Waals surface area contributed by atoms with Gasteiger partial charge in [0.1, 0.15) is 17.5 Å². The van der Waals surface area contributed by atoms with Gasteiger partial charge in [0.25, 0.3) is 0 Å². The monoisotopic (exact) mass is 438 g/mol. The molecular formula is C24H17F3N2OS. The van der Waals surface area contributed by atoms with E-state index in [1.54, 1.807) is 12.1 Å². The Morgan fingerprint density at radius 1 is 0.871 bits per heavy atom. The second kappa shape index (κ2) is 9.14. The van der Waals surface area contributed by atoms with Gasteiger partial charge < -0.3 is 5.32 Å². The van der Waals surface area contributed by atoms with Gasteiger partial charge in [-0.25, -0.2) is 18.2 Å². The molecule has 1 aromatic heterocycles. The second-order valence-corrected chi connectivity index (χ2v) is 7.90. The molecule has 1 amide bonds. The second-order valence-electron chi connectivity index (χ2n) is 6.96. The lowest BCUT2D eigenvalue weighted by molar-refractivity contribution is -0.115. The molecule has 0 atom stereocenters. The first-order valence-corrected chi connectivity index (χ1v) is 10.4. The fraction of sp³-hybridized carbons (Fsp3) is 0.0833. The third-order valence-electron chi connectivity index (χ3n) is 4.62. The van der Waals surface area contributed by atoms with E-state index in [1.165, 1.54) is 65.9 Å². The third-order valence-corrected chi connectivity index (χ3v) is 5.52. The van der Waals surface area contributed by atoms with E-state index >= 15 is 0 Å². The minimum atomic E-state index is -0.456. The maximum absolute atomic E-state index is 13.8. The number of nitrogens with one attached hydrogen (secondary N) is 1. The first-order valence-electron chi connectivity index (χ1n) is 9.49. The Bertz CT molecular complexity index is 1200. The highest BCUT2D eigenvalue weighted by Gasteiger charge is 2.13. The Morgan fingerprint density at radius 2 is 1.52 bits per heavy atom. The Hall–Kier alpha value is -3.45. The molecule has 7 heteroatoms. The molecule has 0 aliphatic carbocycles. The van der Waals surface area contributed by atoms with E-state index in [9.17, 15) is 18.0 Å². The van der Waals surface area contributed by atoms with Crippen LogP contribution in [0.15, 0.2) is 72.1 Å². The van der Waals surface area contributed by atoms with Crippen molar-refractivity contribution in [1.82, 2.24) is 4.98 Å². The van der Waals surface area contributed by atoms with Gasteiger partial charge in [0, 0.05) is 23.1 Å². The van der Waals surface area contributed by atoms with Crippen LogP contribution in [0.3, 0.4) is 0 Å². The molecule has 0 saturated carbocycles. The molecule has 0 radical (unpaired) electrons. The summed E-state index contributed by atoms with van der Waals surface area (Å²) < 4.78 is 40.0. The summed E-state index contributed by atoms with van der Waals surface area (Å²) in [5.41, 5.74) is 3.03. The van der Waals surface area contributed by atoms with Gasteiger partial charge in [-0.2, -0.15) is 0 Å². The standard InChI is InChI=1S/C24H17F3N2OS/c25-17-5-1-15(2-6-17)11-24-28-20(14-31-24)13-23(30)29-22-10-9-19(27)12-21(22)16-3-7-18(26)8-4-16/h1-10,12,14H,11,13H2,(H,29,30). The number of hydrogen-bond acceptors (Lipinski definition) is 3. The number of amides is 1. The van der Waals surface area contributed by atoms with E-state index in [0.717, 1.165) is 10.6 Å². The van der Waals surface area contributed by atoms with Crippen LogP contribution >= 0.6 is 11.3 Å². The van der Waals surface area contributed by atoms with Gasteiger partial charge in [-0.3, -0.25) is 4.79 Å². The number of thiazole rings is 1. The minimum absolute atomic E-state index is 0.0557. The van der Waals surface area contributed by atoms with Crippen LogP contribution < -0.4 is 5.32 Å². The average molecular weight is 438 g/mol. The van der Waals surface area contributed by atoms with Crippen molar-refractivity contribution in [1.29, 1.82) is 0 Å². The summed E-state index contributed by atoms with van der Waals surface area (Å²) in [7, 11) is 0. The van der Waals surface area contributed by atoms with Crippen LogP contribution in [-0.2, 0) is 17.6 Å². The molecular weight excluding hydrogens is 421 g/mol. The number of carbonyl (C=O) groups excluding carboxylic acids is 1. The quantitative estimate of drug-likeness (QED) is 0.401. The molecule has 0 unspecified atom stereocenters. The Balaban J connectivity index is 1.45. The molecule has 0 aliphatic heterocycles. The van der Waals surface area contributed by atoms with Gasteiger partial charge in [-0.05, 0) is 53.6 Å². The summed E-state index contributed by atoms with van der Waals surface area (Å²) in [6, 6.07) is 15.9. The van der Waals surface area contributed by atoms with Gasteiger partial charge >= 0.3 is 0 Å². The highest BCUT2D eigenvalue weighted by Crippen LogP contribution is 2.29. The van der Waals surface area contributed by atoms with Gasteiger partial charge in [0.05, 0.1) is 17.1 Å². The summed E-state index contributed by atoms with van der Waals surface area (Å²) >= 11 is 1.43. The molecule has 0 bridgehead atoms. The predicted molar refractivity (Wildman–Crippen MR) is 115 cm³/mol. The largest absolute Gasteiger partial charge is 0.325 e. The molecule has 156 valence electrons. The number of benzene rings is 3. The number of hydrogen-bond donors (Lipinski definition) is 1. The molecule has 0 spiro atoms. The summed E-state index contributed by atoms with van der Waals surface area (Å²) in [5.74, 6) is -1.44. The first-order chi connectivity index (χ1) is 15.0. The van der Waals surface area contributed by atoms with Gasteiger partial charge in [-0.1, -0.05) is 24.3 Å². The zero-order chi connectivity index (χ0) is 21.8. The van der Waals surface area contributed by atoms with Crippen molar-refractivity contribution >= 4 is 22.9 Å². The Kier molecular flexibility index (Phi) is 6.13. The fourth-order valence-electron chi connectivity index (χ4n) is 3.14. The number of nitrogens with zero attached hydrogens (tertiary/aromatic N) is 1. The van der Waals surface area contributed by atoms with E-state index < -0.39 is 11.6 Å². The molecule has 31 heavy (non-hydrogen) atoms. The fourth-order valence-corrected chi connectivity index (χ4v) is 3.97. The van der Waals surface area contributed by atoms with E-state index in [-0.39, 0.29) is 18.1 Å². The number of carbonyl (C=O) groups is 1. The molecule has 3 nitrogen and oxygen atoms in total. The minimum Gasteiger partial charge on any atom is -0.325 e. The van der Waals surface area contributed by atoms with Crippen LogP contribution in [0.1, 0.15) is 16.3 Å². The number of rotatable bonds is 6. The van der Waals surface area contributed by atoms with Crippen molar-refractivity contribution in [3.05, 3.63) is 106 Å². The number of anilines is 1. The highest BCUT2D eigenvalue weighted by atomic mass is 32.1. The van der Waals surface area contributed by atoms with Crippen LogP contribution in [-0.4, -0.2) is 10.9 Å². The van der Waals surface area contributed by atoms with E-state index in [1.807, 2.05) is 5.38 Å². The lowest BCUT2D eigenvalue weighted by Gasteiger charge is -2.11. The van der Waals surface area contributed by atoms with Gasteiger partial charge in [0.15, 0.2) is 0 Å². The topological polar surface area (TPSA) is 42.0 Å². The molecule has 0 aliphatic rings. The van der Waals surface area contributed by atoms with Gasteiger partial charge in [-0.15, -0.1) is 11.3 Å². The lowest BCUT2D eigenvalue weighted by atomic mass is 10.0. The van der Waals surface area contributed by atoms with Crippen LogP contribution in [0.25, 0.3) is 11.1 Å². The number of halogens is 3. The molecule has 1 heterocycles. The lowest BCUT2D eigenvalue weighted by Crippen LogP contribution is -2.15. The predicted octanol–water partition coefficient (Wildman–Crippen LogP) is 6.00. The number of aromatic nitrogens is 1. The zero-order valence-electron chi connectivity index (χ0n) is 16.2. The normalized spacial score (nSPS) is 10.8. The summed E-state index contributed by atoms with van der Waals surface area (Å²) in [4.78, 5) is 17.0. The van der Waals surface area contributed by atoms with Crippen molar-refractivity contribution in [2.75, 3.05) is 5.32 Å². The van der Waals surface area contributed by atoms with Crippen LogP contribution in [0, 0.1) is 17.5 Å². The zero-order valence-corrected chi connectivity index (χ0v) is 17.1. The highest BCUT2D eigenvalue weighted by molar-refractivity contribution is 7.09. The summed E-state index contributed by atoms with van der Waals surface area (Å²) in [6.45, 7) is 0. The SMILES string of the molecule is O=C(Cc1csc(Cc2ccc(F)cc2)n1)Nc1ccc(F)cc1-c1ccc(F)cc1. The van der Waals surface area contributed by atoms with Crippen LogP contribution in [0.2, 0.25) is 0 Å². The van der Waals surface area contributed by atoms with E-state index in [0.29, 0.717) is 28.9 Å². The van der Waals surface area contributed by atoms with Crippen molar-refractivity contribution in [2.24, 2.45) is 0 Å². The van der Waals surface area contributed by atoms with E-state index in [4.69, 9.17) is 0 Å². The summed E-state index contributed by atoms with van der Waals surface area (Å²) in [6.07, 6.45) is 0.611. The third kappa shape index (κ3) is 5.38. The summed E-state index contributed by atoms with van der Waals surface area (Å²) in [5, 5.41) is 5.42. The van der Waals surface area contributed by atoms with Crippen molar-refractivity contribution < 1.29 is 18.0 Å². The van der Waals surface area contributed by atoms with Crippen molar-refractivity contribution in [2.45, 2.75) is 12.8 Å².